The Balaban J connectivity index is 1.59. The minimum absolute atomic E-state index is 0.0228. The van der Waals surface area contributed by atoms with Crippen LogP contribution >= 0.6 is 0 Å². The highest BCUT2D eigenvalue weighted by atomic mass is 16.5. The molecule has 2 bridgehead atoms. The summed E-state index contributed by atoms with van der Waals surface area (Å²) in [5.41, 5.74) is -0.0228. The zero-order valence-corrected chi connectivity index (χ0v) is 14.2. The van der Waals surface area contributed by atoms with Crippen molar-refractivity contribution in [2.24, 2.45) is 11.8 Å². The molecule has 2 aliphatic carbocycles. The van der Waals surface area contributed by atoms with Crippen molar-refractivity contribution in [3.8, 4) is 0 Å². The zero-order chi connectivity index (χ0) is 15.4. The van der Waals surface area contributed by atoms with Gasteiger partial charge in [-0.25, -0.2) is 0 Å². The number of hydrogen-bond acceptors (Lipinski definition) is 3. The normalized spacial score (nSPS) is 39.2. The molecule has 0 aromatic heterocycles. The summed E-state index contributed by atoms with van der Waals surface area (Å²) >= 11 is 0. The van der Waals surface area contributed by atoms with Gasteiger partial charge in [-0.2, -0.15) is 0 Å². The fourth-order valence-electron chi connectivity index (χ4n) is 4.95. The van der Waals surface area contributed by atoms with E-state index in [1.807, 2.05) is 0 Å². The van der Waals surface area contributed by atoms with Gasteiger partial charge in [0.1, 0.15) is 6.61 Å². The van der Waals surface area contributed by atoms with E-state index in [2.05, 4.69) is 12.2 Å². The third-order valence-corrected chi connectivity index (χ3v) is 6.42. The van der Waals surface area contributed by atoms with E-state index in [0.717, 1.165) is 44.1 Å². The average molecular weight is 307 g/mol. The second kappa shape index (κ2) is 7.44. The molecule has 3 aliphatic rings. The van der Waals surface area contributed by atoms with E-state index in [0.29, 0.717) is 6.61 Å². The van der Waals surface area contributed by atoms with Crippen LogP contribution in [-0.4, -0.2) is 30.6 Å². The van der Waals surface area contributed by atoms with Crippen LogP contribution in [-0.2, 0) is 9.53 Å². The Labute approximate surface area is 135 Å². The molecule has 3 nitrogen and oxygen atoms in total. The Morgan fingerprint density at radius 2 is 1.95 bits per heavy atom. The standard InChI is InChI=1S/C19H33NO2/c1-2-19(22-14-18(21)17-8-5-11-20-17)10-9-15-6-3-4-7-16(12-15)13-19/h15-17,20H,2-14H2,1H3/t15-,16-,17?,19+/m0/s1. The van der Waals surface area contributed by atoms with Gasteiger partial charge in [-0.05, 0) is 63.3 Å². The maximum atomic E-state index is 12.3. The fraction of sp³-hybridized carbons (Fsp3) is 0.947. The molecule has 1 saturated heterocycles. The zero-order valence-electron chi connectivity index (χ0n) is 14.2. The van der Waals surface area contributed by atoms with Gasteiger partial charge in [0.2, 0.25) is 0 Å². The summed E-state index contributed by atoms with van der Waals surface area (Å²) < 4.78 is 6.33. The van der Waals surface area contributed by atoms with Crippen molar-refractivity contribution >= 4 is 5.78 Å². The second-order valence-electron chi connectivity index (χ2n) is 7.94. The van der Waals surface area contributed by atoms with E-state index >= 15 is 0 Å². The molecule has 4 atom stereocenters. The Hall–Kier alpha value is -0.410. The van der Waals surface area contributed by atoms with Crippen LogP contribution in [0.2, 0.25) is 0 Å². The Morgan fingerprint density at radius 1 is 1.14 bits per heavy atom. The smallest absolute Gasteiger partial charge is 0.175 e. The largest absolute Gasteiger partial charge is 0.367 e. The lowest BCUT2D eigenvalue weighted by Gasteiger charge is -2.34. The number of hydrogen-bond donors (Lipinski definition) is 1. The molecule has 1 unspecified atom stereocenters. The lowest BCUT2D eigenvalue weighted by Crippen LogP contribution is -2.40. The van der Waals surface area contributed by atoms with Crippen molar-refractivity contribution in [3.63, 3.8) is 0 Å². The van der Waals surface area contributed by atoms with Crippen LogP contribution in [0.15, 0.2) is 0 Å². The highest BCUT2D eigenvalue weighted by Gasteiger charge is 2.38. The molecular formula is C19H33NO2. The molecule has 0 aromatic rings. The number of fused-ring (bicyclic) bond motifs is 2. The fourth-order valence-corrected chi connectivity index (χ4v) is 4.95. The van der Waals surface area contributed by atoms with Gasteiger partial charge in [0, 0.05) is 0 Å². The first-order valence-corrected chi connectivity index (χ1v) is 9.61. The highest BCUT2D eigenvalue weighted by molar-refractivity contribution is 5.85. The first kappa shape index (κ1) is 16.4. The average Bonchev–Trinajstić information content (AvgIpc) is 2.91. The molecule has 22 heavy (non-hydrogen) atoms. The Bertz CT molecular complexity index is 378. The van der Waals surface area contributed by atoms with Gasteiger partial charge in [0.05, 0.1) is 11.6 Å². The first-order chi connectivity index (χ1) is 10.7. The molecule has 1 heterocycles. The van der Waals surface area contributed by atoms with E-state index < -0.39 is 0 Å². The van der Waals surface area contributed by atoms with E-state index in [9.17, 15) is 4.79 Å². The van der Waals surface area contributed by atoms with Gasteiger partial charge in [-0.3, -0.25) is 4.79 Å². The van der Waals surface area contributed by atoms with E-state index in [1.165, 1.54) is 44.9 Å². The lowest BCUT2D eigenvalue weighted by atomic mass is 9.84. The number of Topliss-reactive ketones (excluding diaryl/α,β-unsaturated/α-hetero) is 1. The molecule has 1 aliphatic heterocycles. The summed E-state index contributed by atoms with van der Waals surface area (Å²) in [6.07, 6.45) is 13.8. The third kappa shape index (κ3) is 3.91. The van der Waals surface area contributed by atoms with Gasteiger partial charge < -0.3 is 10.1 Å². The van der Waals surface area contributed by atoms with Crippen LogP contribution in [0.3, 0.4) is 0 Å². The summed E-state index contributed by atoms with van der Waals surface area (Å²) in [6.45, 7) is 3.56. The molecule has 0 radical (unpaired) electrons. The maximum absolute atomic E-state index is 12.3. The summed E-state index contributed by atoms with van der Waals surface area (Å²) in [6, 6.07) is 0.0575. The highest BCUT2D eigenvalue weighted by Crippen LogP contribution is 2.43. The monoisotopic (exact) mass is 307 g/mol. The second-order valence-corrected chi connectivity index (χ2v) is 7.94. The number of carbonyl (C=O) groups excluding carboxylic acids is 1. The van der Waals surface area contributed by atoms with Crippen LogP contribution in [0.1, 0.15) is 77.6 Å². The van der Waals surface area contributed by atoms with Crippen LogP contribution in [0.25, 0.3) is 0 Å². The number of ketones is 1. The SMILES string of the molecule is CC[C@@]1(OCC(=O)C2CCCN2)CC[C@@H]2CCCC[C@@H](C2)C1. The van der Waals surface area contributed by atoms with Crippen molar-refractivity contribution in [2.75, 3.05) is 13.2 Å². The topological polar surface area (TPSA) is 38.3 Å². The molecule has 3 heteroatoms. The van der Waals surface area contributed by atoms with Crippen LogP contribution < -0.4 is 5.32 Å². The molecule has 0 spiro atoms. The van der Waals surface area contributed by atoms with Crippen LogP contribution in [0.4, 0.5) is 0 Å². The Kier molecular flexibility index (Phi) is 5.56. The molecule has 3 fully saturated rings. The number of rotatable bonds is 5. The molecular weight excluding hydrogens is 274 g/mol. The van der Waals surface area contributed by atoms with Crippen molar-refractivity contribution < 1.29 is 9.53 Å². The van der Waals surface area contributed by atoms with Gasteiger partial charge in [-0.15, -0.1) is 0 Å². The van der Waals surface area contributed by atoms with E-state index in [4.69, 9.17) is 4.74 Å². The summed E-state index contributed by atoms with van der Waals surface area (Å²) in [5.74, 6) is 2.01. The number of ether oxygens (including phenoxy) is 1. The quantitative estimate of drug-likeness (QED) is 0.838. The molecule has 2 saturated carbocycles. The molecule has 0 amide bonds. The van der Waals surface area contributed by atoms with Crippen molar-refractivity contribution in [1.29, 1.82) is 0 Å². The lowest BCUT2D eigenvalue weighted by molar-refractivity contribution is -0.135. The molecule has 1 N–H and O–H groups in total. The third-order valence-electron chi connectivity index (χ3n) is 6.42. The first-order valence-electron chi connectivity index (χ1n) is 9.61. The maximum Gasteiger partial charge on any atom is 0.175 e. The van der Waals surface area contributed by atoms with E-state index in [1.54, 1.807) is 0 Å². The van der Waals surface area contributed by atoms with Crippen LogP contribution in [0.5, 0.6) is 0 Å². The summed E-state index contributed by atoms with van der Waals surface area (Å²) in [7, 11) is 0. The van der Waals surface area contributed by atoms with Gasteiger partial charge in [0.15, 0.2) is 5.78 Å². The Morgan fingerprint density at radius 3 is 2.68 bits per heavy atom. The van der Waals surface area contributed by atoms with Crippen LogP contribution in [0, 0.1) is 11.8 Å². The number of carbonyl (C=O) groups is 1. The summed E-state index contributed by atoms with van der Waals surface area (Å²) in [5, 5.41) is 3.30. The summed E-state index contributed by atoms with van der Waals surface area (Å²) in [4.78, 5) is 12.3. The van der Waals surface area contributed by atoms with Gasteiger partial charge >= 0.3 is 0 Å². The van der Waals surface area contributed by atoms with Crippen molar-refractivity contribution in [1.82, 2.24) is 5.32 Å². The molecule has 0 aromatic carbocycles. The van der Waals surface area contributed by atoms with Gasteiger partial charge in [0.25, 0.3) is 0 Å². The minimum atomic E-state index is -0.0228. The molecule has 126 valence electrons. The number of nitrogens with one attached hydrogen (secondary N) is 1. The predicted molar refractivity (Wildman–Crippen MR) is 88.9 cm³/mol. The van der Waals surface area contributed by atoms with E-state index in [-0.39, 0.29) is 17.4 Å². The minimum Gasteiger partial charge on any atom is -0.367 e. The van der Waals surface area contributed by atoms with Gasteiger partial charge in [-0.1, -0.05) is 32.6 Å². The van der Waals surface area contributed by atoms with Crippen molar-refractivity contribution in [3.05, 3.63) is 0 Å². The van der Waals surface area contributed by atoms with Crippen molar-refractivity contribution in [2.45, 2.75) is 89.2 Å². The molecule has 3 rings (SSSR count). The predicted octanol–water partition coefficient (Wildman–Crippen LogP) is 3.85.